The Kier molecular flexibility index (Phi) is 2.29. The van der Waals surface area contributed by atoms with Crippen molar-refractivity contribution in [2.24, 2.45) is 0 Å². The Hall–Kier alpha value is -3.08. The predicted octanol–water partition coefficient (Wildman–Crippen LogP) is 2.23. The molecule has 0 saturated carbocycles. The van der Waals surface area contributed by atoms with Gasteiger partial charge in [-0.1, -0.05) is 6.08 Å². The molecule has 1 aliphatic carbocycles. The molecule has 0 aromatic carbocycles. The van der Waals surface area contributed by atoms with Gasteiger partial charge in [-0.3, -0.25) is 9.59 Å². The Morgan fingerprint density at radius 1 is 1.04 bits per heavy atom. The maximum absolute atomic E-state index is 12.2. The Bertz CT molecular complexity index is 924. The van der Waals surface area contributed by atoms with Crippen LogP contribution < -0.4 is 0 Å². The molecule has 4 heterocycles. The second-order valence-electron chi connectivity index (χ2n) is 5.98. The first kappa shape index (κ1) is 12.5. The van der Waals surface area contributed by atoms with Crippen LogP contribution in [-0.2, 0) is 17.8 Å². The Balaban J connectivity index is 1.62. The van der Waals surface area contributed by atoms with Gasteiger partial charge in [0.05, 0.1) is 23.5 Å². The van der Waals surface area contributed by atoms with Crippen molar-refractivity contribution in [3.8, 4) is 0 Å². The molecule has 5 rings (SSSR count). The molecular weight excluding hydrogens is 290 g/mol. The number of H-pyrrole nitrogens is 1. The minimum atomic E-state index is -0.439. The van der Waals surface area contributed by atoms with E-state index in [-0.39, 0.29) is 0 Å². The van der Waals surface area contributed by atoms with Crippen LogP contribution in [0.3, 0.4) is 0 Å². The van der Waals surface area contributed by atoms with Gasteiger partial charge in [-0.15, -0.1) is 0 Å². The molecule has 0 radical (unpaired) electrons. The van der Waals surface area contributed by atoms with Crippen LogP contribution in [0.25, 0.3) is 6.08 Å². The molecule has 1 aromatic rings. The highest BCUT2D eigenvalue weighted by molar-refractivity contribution is 6.50. The number of carbonyl (C=O) groups is 2. The van der Waals surface area contributed by atoms with Crippen molar-refractivity contribution in [1.82, 2.24) is 14.8 Å². The smallest absolute Gasteiger partial charge is 0.235 e. The summed E-state index contributed by atoms with van der Waals surface area (Å²) < 4.78 is 0. The highest BCUT2D eigenvalue weighted by Crippen LogP contribution is 2.35. The van der Waals surface area contributed by atoms with E-state index in [0.29, 0.717) is 18.5 Å². The second-order valence-corrected chi connectivity index (χ2v) is 5.98. The molecule has 0 saturated heterocycles. The molecule has 0 bridgehead atoms. The third kappa shape index (κ3) is 1.67. The van der Waals surface area contributed by atoms with E-state index in [0.717, 1.165) is 28.3 Å². The van der Waals surface area contributed by atoms with Gasteiger partial charge in [-0.05, 0) is 29.9 Å². The number of nitrogens with one attached hydrogen (secondary N) is 1. The monoisotopic (exact) mass is 303 g/mol. The Morgan fingerprint density at radius 3 is 2.87 bits per heavy atom. The van der Waals surface area contributed by atoms with Gasteiger partial charge in [0, 0.05) is 36.4 Å². The zero-order valence-electron chi connectivity index (χ0n) is 12.2. The molecule has 0 atom stereocenters. The molecule has 0 fully saturated rings. The molecule has 5 heteroatoms. The molecule has 0 unspecified atom stereocenters. The third-order valence-corrected chi connectivity index (χ3v) is 4.63. The normalized spacial score (nSPS) is 20.7. The lowest BCUT2D eigenvalue weighted by molar-refractivity contribution is -0.110. The van der Waals surface area contributed by atoms with Crippen LogP contribution in [0.4, 0.5) is 0 Å². The molecule has 5 nitrogen and oxygen atoms in total. The lowest BCUT2D eigenvalue weighted by Crippen LogP contribution is -2.31. The van der Waals surface area contributed by atoms with Gasteiger partial charge in [0.25, 0.3) is 0 Å². The van der Waals surface area contributed by atoms with Crippen LogP contribution in [0.5, 0.6) is 0 Å². The highest BCUT2D eigenvalue weighted by atomic mass is 16.2. The highest BCUT2D eigenvalue weighted by Gasteiger charge is 2.33. The number of fused-ring (bicyclic) bond motifs is 5. The van der Waals surface area contributed by atoms with E-state index in [1.54, 1.807) is 6.08 Å². The van der Waals surface area contributed by atoms with Gasteiger partial charge in [-0.25, -0.2) is 0 Å². The largest absolute Gasteiger partial charge is 0.357 e. The number of allylic oxidation sites excluding steroid dienone is 5. The first-order valence-corrected chi connectivity index (χ1v) is 7.53. The number of Topliss-reactive ketones (excluding diaryl/α,β-unsaturated/α-hetero) is 1. The fraction of sp³-hybridized carbons (Fsp3) is 0.111. The molecule has 4 aliphatic rings. The first-order chi connectivity index (χ1) is 11.2. The van der Waals surface area contributed by atoms with E-state index < -0.39 is 11.6 Å². The van der Waals surface area contributed by atoms with Crippen LogP contribution in [0.2, 0.25) is 0 Å². The fourth-order valence-corrected chi connectivity index (χ4v) is 3.51. The molecule has 23 heavy (non-hydrogen) atoms. The fourth-order valence-electron chi connectivity index (χ4n) is 3.51. The van der Waals surface area contributed by atoms with Crippen LogP contribution in [0.15, 0.2) is 54.3 Å². The standard InChI is InChI=1S/C18H13N3O2/c22-16-5-4-14-17(18(16)23)13-7-12-9-20-6-2-1-3-11(20)8-21(12)10-15(13)19-14/h1-6,8-9,19H,7,10H2. The summed E-state index contributed by atoms with van der Waals surface area (Å²) in [5.41, 5.74) is 5.51. The lowest BCUT2D eigenvalue weighted by Gasteiger charge is -2.36. The second kappa shape index (κ2) is 4.23. The third-order valence-electron chi connectivity index (χ3n) is 4.63. The number of hydrogen-bond donors (Lipinski definition) is 1. The number of ketones is 2. The number of hydrogen-bond acceptors (Lipinski definition) is 4. The van der Waals surface area contributed by atoms with Crippen molar-refractivity contribution in [3.63, 3.8) is 0 Å². The van der Waals surface area contributed by atoms with Crippen LogP contribution in [0, 0.1) is 0 Å². The lowest BCUT2D eigenvalue weighted by atomic mass is 9.92. The minimum absolute atomic E-state index is 0.401. The molecule has 3 aliphatic heterocycles. The topological polar surface area (TPSA) is 56.4 Å². The summed E-state index contributed by atoms with van der Waals surface area (Å²) in [7, 11) is 0. The van der Waals surface area contributed by atoms with E-state index in [4.69, 9.17) is 0 Å². The van der Waals surface area contributed by atoms with Gasteiger partial charge in [0.2, 0.25) is 11.6 Å². The summed E-state index contributed by atoms with van der Waals surface area (Å²) in [6, 6.07) is 0. The zero-order chi connectivity index (χ0) is 15.6. The molecule has 1 N–H and O–H groups in total. The molecule has 112 valence electrons. The number of rotatable bonds is 0. The van der Waals surface area contributed by atoms with Crippen LogP contribution in [-0.4, -0.2) is 26.4 Å². The Labute approximate surface area is 132 Å². The van der Waals surface area contributed by atoms with Crippen LogP contribution in [0.1, 0.15) is 27.3 Å². The van der Waals surface area contributed by atoms with Crippen molar-refractivity contribution in [2.45, 2.75) is 13.0 Å². The van der Waals surface area contributed by atoms with Gasteiger partial charge in [0.1, 0.15) is 0 Å². The Morgan fingerprint density at radius 2 is 1.96 bits per heavy atom. The van der Waals surface area contributed by atoms with Gasteiger partial charge in [0.15, 0.2) is 0 Å². The summed E-state index contributed by atoms with van der Waals surface area (Å²) in [4.78, 5) is 31.5. The average Bonchev–Trinajstić information content (AvgIpc) is 2.92. The van der Waals surface area contributed by atoms with Crippen molar-refractivity contribution < 1.29 is 9.59 Å². The minimum Gasteiger partial charge on any atom is -0.357 e. The summed E-state index contributed by atoms with van der Waals surface area (Å²) >= 11 is 0. The SMILES string of the molecule is O=C1C=Cc2[nH]c3c(c2C1=O)CC1=CN2C=CC=CC2=CN1C3. The van der Waals surface area contributed by atoms with Crippen molar-refractivity contribution in [3.05, 3.63) is 76.8 Å². The predicted molar refractivity (Wildman–Crippen MR) is 84.7 cm³/mol. The summed E-state index contributed by atoms with van der Waals surface area (Å²) in [6.07, 6.45) is 16.0. The zero-order valence-corrected chi connectivity index (χ0v) is 12.2. The van der Waals surface area contributed by atoms with Crippen molar-refractivity contribution >= 4 is 17.6 Å². The van der Waals surface area contributed by atoms with E-state index >= 15 is 0 Å². The first-order valence-electron chi connectivity index (χ1n) is 7.53. The van der Waals surface area contributed by atoms with Crippen LogP contribution >= 0.6 is 0 Å². The number of aromatic amines is 1. The van der Waals surface area contributed by atoms with Gasteiger partial charge >= 0.3 is 0 Å². The summed E-state index contributed by atoms with van der Waals surface area (Å²) in [6.45, 7) is 0.679. The molecule has 0 amide bonds. The summed E-state index contributed by atoms with van der Waals surface area (Å²) in [5, 5.41) is 0. The number of aromatic nitrogens is 1. The molecular formula is C18H13N3O2. The quantitative estimate of drug-likeness (QED) is 0.747. The average molecular weight is 303 g/mol. The van der Waals surface area contributed by atoms with E-state index in [1.807, 2.05) is 18.4 Å². The maximum Gasteiger partial charge on any atom is 0.235 e. The van der Waals surface area contributed by atoms with Crippen molar-refractivity contribution in [1.29, 1.82) is 0 Å². The molecule has 1 aromatic heterocycles. The number of nitrogens with zero attached hydrogens (tertiary/aromatic N) is 2. The molecule has 0 spiro atoms. The van der Waals surface area contributed by atoms with Gasteiger partial charge < -0.3 is 14.8 Å². The van der Waals surface area contributed by atoms with E-state index in [1.165, 1.54) is 6.08 Å². The number of carbonyl (C=O) groups excluding carboxylic acids is 2. The van der Waals surface area contributed by atoms with E-state index in [2.05, 4.69) is 33.3 Å². The van der Waals surface area contributed by atoms with Gasteiger partial charge in [-0.2, -0.15) is 0 Å². The maximum atomic E-state index is 12.2. The van der Waals surface area contributed by atoms with E-state index in [9.17, 15) is 9.59 Å². The van der Waals surface area contributed by atoms with Crippen molar-refractivity contribution in [2.75, 3.05) is 0 Å². The summed E-state index contributed by atoms with van der Waals surface area (Å²) in [5.74, 6) is -0.840.